The van der Waals surface area contributed by atoms with Gasteiger partial charge in [-0.1, -0.05) is 0 Å². The molecule has 0 atom stereocenters. The molecule has 2 rings (SSSR count). The third-order valence-electron chi connectivity index (χ3n) is 2.50. The summed E-state index contributed by atoms with van der Waals surface area (Å²) < 4.78 is 13.5. The fraction of sp³-hybridized carbons (Fsp3) is 0. The number of carboxylic acids is 1. The number of hydrogen-bond acceptors (Lipinski definition) is 4. The summed E-state index contributed by atoms with van der Waals surface area (Å²) in [6.45, 7) is 0. The van der Waals surface area contributed by atoms with Crippen LogP contribution in [0.3, 0.4) is 0 Å². The highest BCUT2D eigenvalue weighted by Gasteiger charge is 2.10. The van der Waals surface area contributed by atoms with Gasteiger partial charge in [0.2, 0.25) is 0 Å². The maximum Gasteiger partial charge on any atom is 0.338 e. The lowest BCUT2D eigenvalue weighted by Gasteiger charge is -2.08. The molecule has 0 aliphatic rings. The number of anilines is 2. The van der Waals surface area contributed by atoms with E-state index in [0.29, 0.717) is 11.4 Å². The second-order valence-corrected chi connectivity index (χ2v) is 3.92. The number of rotatable bonds is 4. The number of nitrogens with zero attached hydrogens (tertiary/aromatic N) is 1. The Kier molecular flexibility index (Phi) is 3.60. The number of aromatic nitrogens is 1. The number of carbonyl (C=O) groups is 2. The molecular formula is C13H10FN3O3. The van der Waals surface area contributed by atoms with Crippen LogP contribution in [0.1, 0.15) is 20.8 Å². The zero-order chi connectivity index (χ0) is 14.7. The number of amides is 1. The summed E-state index contributed by atoms with van der Waals surface area (Å²) >= 11 is 0. The number of aromatic carboxylic acids is 1. The van der Waals surface area contributed by atoms with Crippen molar-refractivity contribution in [3.05, 3.63) is 53.6 Å². The summed E-state index contributed by atoms with van der Waals surface area (Å²) in [4.78, 5) is 25.4. The Morgan fingerprint density at radius 1 is 1.20 bits per heavy atom. The van der Waals surface area contributed by atoms with Gasteiger partial charge in [-0.2, -0.15) is 0 Å². The van der Waals surface area contributed by atoms with Crippen molar-refractivity contribution in [3.63, 3.8) is 0 Å². The van der Waals surface area contributed by atoms with Crippen LogP contribution in [0.15, 0.2) is 36.5 Å². The molecule has 0 aliphatic carbocycles. The number of nitrogens with one attached hydrogen (secondary N) is 1. The number of benzene rings is 1. The Hall–Kier alpha value is -2.96. The quantitative estimate of drug-likeness (QED) is 0.788. The molecule has 0 saturated carbocycles. The molecule has 0 bridgehead atoms. The molecule has 20 heavy (non-hydrogen) atoms. The Morgan fingerprint density at radius 3 is 2.50 bits per heavy atom. The van der Waals surface area contributed by atoms with Crippen molar-refractivity contribution in [2.45, 2.75) is 0 Å². The van der Waals surface area contributed by atoms with Crippen molar-refractivity contribution in [3.8, 4) is 0 Å². The van der Waals surface area contributed by atoms with E-state index in [0.717, 1.165) is 12.1 Å². The van der Waals surface area contributed by atoms with E-state index in [1.807, 2.05) is 0 Å². The number of carboxylic acid groups (broad SMARTS) is 1. The first kappa shape index (κ1) is 13.5. The van der Waals surface area contributed by atoms with Crippen LogP contribution in [0.2, 0.25) is 0 Å². The fourth-order valence-electron chi connectivity index (χ4n) is 1.58. The van der Waals surface area contributed by atoms with E-state index in [2.05, 4.69) is 10.3 Å². The minimum absolute atomic E-state index is 0.0672. The van der Waals surface area contributed by atoms with Crippen molar-refractivity contribution in [1.82, 2.24) is 4.98 Å². The summed E-state index contributed by atoms with van der Waals surface area (Å²) in [5.74, 6) is -2.87. The zero-order valence-corrected chi connectivity index (χ0v) is 10.1. The summed E-state index contributed by atoms with van der Waals surface area (Å²) in [5.41, 5.74) is 5.58. The highest BCUT2D eigenvalue weighted by atomic mass is 19.1. The van der Waals surface area contributed by atoms with Crippen molar-refractivity contribution in [2.75, 3.05) is 5.32 Å². The maximum absolute atomic E-state index is 13.5. The van der Waals surface area contributed by atoms with Gasteiger partial charge < -0.3 is 16.2 Å². The van der Waals surface area contributed by atoms with Gasteiger partial charge in [-0.3, -0.25) is 9.78 Å². The monoisotopic (exact) mass is 275 g/mol. The number of nitrogens with two attached hydrogens (primary N) is 1. The standard InChI is InChI=1S/C13H10FN3O3/c14-10-5-7(1-2-9(10)13(19)20)17-8-3-4-16-11(6-8)12(15)18/h1-6H,(H2,15,18)(H,16,17)(H,19,20). The molecule has 1 heterocycles. The van der Waals surface area contributed by atoms with E-state index in [1.54, 1.807) is 6.07 Å². The predicted molar refractivity (Wildman–Crippen MR) is 69.4 cm³/mol. The zero-order valence-electron chi connectivity index (χ0n) is 10.1. The van der Waals surface area contributed by atoms with Crippen LogP contribution < -0.4 is 11.1 Å². The molecule has 2 aromatic rings. The van der Waals surface area contributed by atoms with Crippen LogP contribution in [0.25, 0.3) is 0 Å². The van der Waals surface area contributed by atoms with Gasteiger partial charge in [0.15, 0.2) is 0 Å². The van der Waals surface area contributed by atoms with Crippen LogP contribution in [-0.4, -0.2) is 22.0 Å². The van der Waals surface area contributed by atoms with Crippen LogP contribution in [0.5, 0.6) is 0 Å². The number of pyridine rings is 1. The van der Waals surface area contributed by atoms with Gasteiger partial charge in [-0.25, -0.2) is 9.18 Å². The van der Waals surface area contributed by atoms with Crippen molar-refractivity contribution < 1.29 is 19.1 Å². The highest BCUT2D eigenvalue weighted by Crippen LogP contribution is 2.19. The summed E-state index contributed by atoms with van der Waals surface area (Å²) in [6, 6.07) is 6.59. The first-order valence-electron chi connectivity index (χ1n) is 5.53. The number of primary amides is 1. The minimum atomic E-state index is -1.34. The Morgan fingerprint density at radius 2 is 1.90 bits per heavy atom. The fourth-order valence-corrected chi connectivity index (χ4v) is 1.58. The van der Waals surface area contributed by atoms with E-state index in [9.17, 15) is 14.0 Å². The Bertz CT molecular complexity index is 688. The Balaban J connectivity index is 2.26. The van der Waals surface area contributed by atoms with Crippen LogP contribution in [-0.2, 0) is 0 Å². The molecule has 7 heteroatoms. The molecule has 0 aliphatic heterocycles. The minimum Gasteiger partial charge on any atom is -0.478 e. The van der Waals surface area contributed by atoms with Gasteiger partial charge in [-0.15, -0.1) is 0 Å². The second kappa shape index (κ2) is 5.35. The molecule has 4 N–H and O–H groups in total. The highest BCUT2D eigenvalue weighted by molar-refractivity contribution is 5.92. The van der Waals surface area contributed by atoms with Gasteiger partial charge in [0.25, 0.3) is 5.91 Å². The lowest BCUT2D eigenvalue weighted by molar-refractivity contribution is 0.0691. The normalized spacial score (nSPS) is 10.1. The molecule has 1 aromatic carbocycles. The number of halogens is 1. The van der Waals surface area contributed by atoms with E-state index >= 15 is 0 Å². The van der Waals surface area contributed by atoms with Gasteiger partial charge in [0.1, 0.15) is 11.5 Å². The first-order chi connectivity index (χ1) is 9.47. The van der Waals surface area contributed by atoms with Gasteiger partial charge in [0.05, 0.1) is 5.56 Å². The first-order valence-corrected chi connectivity index (χ1v) is 5.53. The van der Waals surface area contributed by atoms with Gasteiger partial charge in [-0.05, 0) is 30.3 Å². The molecule has 0 spiro atoms. The molecule has 102 valence electrons. The smallest absolute Gasteiger partial charge is 0.338 e. The number of hydrogen-bond donors (Lipinski definition) is 3. The third-order valence-corrected chi connectivity index (χ3v) is 2.50. The van der Waals surface area contributed by atoms with E-state index in [4.69, 9.17) is 10.8 Å². The maximum atomic E-state index is 13.5. The molecule has 0 radical (unpaired) electrons. The largest absolute Gasteiger partial charge is 0.478 e. The summed E-state index contributed by atoms with van der Waals surface area (Å²) in [5, 5.41) is 11.5. The van der Waals surface area contributed by atoms with Crippen molar-refractivity contribution in [1.29, 1.82) is 0 Å². The predicted octanol–water partition coefficient (Wildman–Crippen LogP) is 1.76. The molecule has 1 amide bonds. The Labute approximate surface area is 113 Å². The van der Waals surface area contributed by atoms with Crippen LogP contribution >= 0.6 is 0 Å². The van der Waals surface area contributed by atoms with Gasteiger partial charge in [0, 0.05) is 17.6 Å². The summed E-state index contributed by atoms with van der Waals surface area (Å²) in [7, 11) is 0. The SMILES string of the molecule is NC(=O)c1cc(Nc2ccc(C(=O)O)c(F)c2)ccn1. The van der Waals surface area contributed by atoms with E-state index in [1.165, 1.54) is 18.3 Å². The van der Waals surface area contributed by atoms with Crippen molar-refractivity contribution in [2.24, 2.45) is 5.73 Å². The van der Waals surface area contributed by atoms with E-state index < -0.39 is 23.3 Å². The average Bonchev–Trinajstić information content (AvgIpc) is 2.38. The molecule has 0 unspecified atom stereocenters. The molecule has 0 fully saturated rings. The number of carbonyl (C=O) groups excluding carboxylic acids is 1. The average molecular weight is 275 g/mol. The lowest BCUT2D eigenvalue weighted by atomic mass is 10.2. The topological polar surface area (TPSA) is 105 Å². The van der Waals surface area contributed by atoms with Crippen molar-refractivity contribution >= 4 is 23.3 Å². The van der Waals surface area contributed by atoms with Gasteiger partial charge >= 0.3 is 5.97 Å². The lowest BCUT2D eigenvalue weighted by Crippen LogP contribution is -2.13. The molecular weight excluding hydrogens is 265 g/mol. The van der Waals surface area contributed by atoms with Crippen LogP contribution in [0, 0.1) is 5.82 Å². The summed E-state index contributed by atoms with van der Waals surface area (Å²) in [6.07, 6.45) is 1.38. The molecule has 6 nitrogen and oxygen atoms in total. The molecule has 0 saturated heterocycles. The van der Waals surface area contributed by atoms with E-state index in [-0.39, 0.29) is 5.69 Å². The second-order valence-electron chi connectivity index (χ2n) is 3.92. The third kappa shape index (κ3) is 2.89. The molecule has 1 aromatic heterocycles. The van der Waals surface area contributed by atoms with Crippen LogP contribution in [0.4, 0.5) is 15.8 Å².